The molecule has 1 aliphatic heterocycles. The molecular weight excluding hydrogens is 234 g/mol. The SMILES string of the molecule is COC(=O)C1CCN1C(=O)Cc1ccccc1O. The topological polar surface area (TPSA) is 66.8 Å². The fourth-order valence-electron chi connectivity index (χ4n) is 1.99. The van der Waals surface area contributed by atoms with Crippen LogP contribution in [0.3, 0.4) is 0 Å². The number of phenolic OH excluding ortho intramolecular Hbond substituents is 1. The van der Waals surface area contributed by atoms with Gasteiger partial charge in [-0.05, 0) is 12.5 Å². The van der Waals surface area contributed by atoms with Gasteiger partial charge in [0, 0.05) is 12.1 Å². The lowest BCUT2D eigenvalue weighted by atomic mass is 10.0. The van der Waals surface area contributed by atoms with Crippen LogP contribution < -0.4 is 0 Å². The first-order valence-corrected chi connectivity index (χ1v) is 5.77. The zero-order valence-electron chi connectivity index (χ0n) is 10.1. The van der Waals surface area contributed by atoms with Gasteiger partial charge in [-0.2, -0.15) is 0 Å². The van der Waals surface area contributed by atoms with Crippen molar-refractivity contribution in [1.29, 1.82) is 0 Å². The summed E-state index contributed by atoms with van der Waals surface area (Å²) >= 11 is 0. The second-order valence-corrected chi connectivity index (χ2v) is 4.22. The molecule has 0 saturated carbocycles. The molecule has 5 nitrogen and oxygen atoms in total. The number of hydrogen-bond acceptors (Lipinski definition) is 4. The van der Waals surface area contributed by atoms with Crippen LogP contribution in [0.25, 0.3) is 0 Å². The molecule has 1 atom stereocenters. The van der Waals surface area contributed by atoms with E-state index in [9.17, 15) is 14.7 Å². The number of ether oxygens (including phenoxy) is 1. The molecule has 1 fully saturated rings. The fourth-order valence-corrected chi connectivity index (χ4v) is 1.99. The standard InChI is InChI=1S/C13H15NO4/c1-18-13(17)10-6-7-14(10)12(16)8-9-4-2-3-5-11(9)15/h2-5,10,15H,6-8H2,1H3. The zero-order chi connectivity index (χ0) is 13.1. The summed E-state index contributed by atoms with van der Waals surface area (Å²) in [5.41, 5.74) is 0.568. The van der Waals surface area contributed by atoms with E-state index in [1.165, 1.54) is 18.1 Å². The van der Waals surface area contributed by atoms with Crippen LogP contribution >= 0.6 is 0 Å². The van der Waals surface area contributed by atoms with Gasteiger partial charge < -0.3 is 14.7 Å². The average Bonchev–Trinajstić information content (AvgIpc) is 2.30. The van der Waals surface area contributed by atoms with Crippen LogP contribution in [0.5, 0.6) is 5.75 Å². The Labute approximate surface area is 105 Å². The van der Waals surface area contributed by atoms with Crippen LogP contribution in [0.4, 0.5) is 0 Å². The summed E-state index contributed by atoms with van der Waals surface area (Å²) in [6.45, 7) is 0.562. The molecule has 1 heterocycles. The predicted molar refractivity (Wildman–Crippen MR) is 63.9 cm³/mol. The van der Waals surface area contributed by atoms with Crippen molar-refractivity contribution in [3.8, 4) is 5.75 Å². The van der Waals surface area contributed by atoms with Crippen molar-refractivity contribution in [3.63, 3.8) is 0 Å². The number of para-hydroxylation sites is 1. The number of phenols is 1. The Bertz CT molecular complexity index is 472. The molecule has 1 N–H and O–H groups in total. The maximum absolute atomic E-state index is 12.0. The molecule has 0 spiro atoms. The van der Waals surface area contributed by atoms with E-state index in [0.717, 1.165) is 0 Å². The Morgan fingerprint density at radius 1 is 1.44 bits per heavy atom. The molecular formula is C13H15NO4. The number of hydrogen-bond donors (Lipinski definition) is 1. The molecule has 1 aromatic carbocycles. The van der Waals surface area contributed by atoms with E-state index in [0.29, 0.717) is 18.5 Å². The molecule has 1 unspecified atom stereocenters. The van der Waals surface area contributed by atoms with Crippen molar-refractivity contribution in [2.75, 3.05) is 13.7 Å². The van der Waals surface area contributed by atoms with E-state index in [1.807, 2.05) is 0 Å². The molecule has 0 aliphatic carbocycles. The first-order valence-electron chi connectivity index (χ1n) is 5.77. The highest BCUT2D eigenvalue weighted by atomic mass is 16.5. The first kappa shape index (κ1) is 12.4. The number of benzene rings is 1. The lowest BCUT2D eigenvalue weighted by molar-refractivity contribution is -0.159. The fraction of sp³-hybridized carbons (Fsp3) is 0.385. The van der Waals surface area contributed by atoms with Crippen molar-refractivity contribution < 1.29 is 19.4 Å². The number of carbonyl (C=O) groups excluding carboxylic acids is 2. The highest BCUT2D eigenvalue weighted by Crippen LogP contribution is 2.22. The Morgan fingerprint density at radius 2 is 2.17 bits per heavy atom. The molecule has 1 aliphatic rings. The molecule has 18 heavy (non-hydrogen) atoms. The molecule has 1 amide bonds. The minimum atomic E-state index is -0.464. The number of amides is 1. The number of esters is 1. The summed E-state index contributed by atoms with van der Waals surface area (Å²) in [6, 6.07) is 6.23. The van der Waals surface area contributed by atoms with Crippen LogP contribution in [0.2, 0.25) is 0 Å². The normalized spacial score (nSPS) is 18.1. The van der Waals surface area contributed by atoms with Gasteiger partial charge >= 0.3 is 5.97 Å². The second kappa shape index (κ2) is 5.08. The molecule has 0 bridgehead atoms. The smallest absolute Gasteiger partial charge is 0.328 e. The van der Waals surface area contributed by atoms with Gasteiger partial charge in [0.05, 0.1) is 13.5 Å². The number of rotatable bonds is 3. The first-order chi connectivity index (χ1) is 8.63. The Hall–Kier alpha value is -2.04. The number of nitrogens with zero attached hydrogens (tertiary/aromatic N) is 1. The summed E-state index contributed by atoms with van der Waals surface area (Å²) in [5.74, 6) is -0.453. The number of aromatic hydroxyl groups is 1. The zero-order valence-corrected chi connectivity index (χ0v) is 10.1. The number of carbonyl (C=O) groups is 2. The summed E-state index contributed by atoms with van der Waals surface area (Å²) in [6.07, 6.45) is 0.735. The summed E-state index contributed by atoms with van der Waals surface area (Å²) in [5, 5.41) is 9.59. The second-order valence-electron chi connectivity index (χ2n) is 4.22. The van der Waals surface area contributed by atoms with Gasteiger partial charge in [0.1, 0.15) is 11.8 Å². The lowest BCUT2D eigenvalue weighted by Crippen LogP contribution is -2.55. The van der Waals surface area contributed by atoms with Gasteiger partial charge in [0.2, 0.25) is 5.91 Å². The minimum Gasteiger partial charge on any atom is -0.508 e. The molecule has 0 radical (unpaired) electrons. The van der Waals surface area contributed by atoms with Gasteiger partial charge in [0.25, 0.3) is 0 Å². The van der Waals surface area contributed by atoms with Crippen LogP contribution in [-0.2, 0) is 20.7 Å². The number of likely N-dealkylation sites (tertiary alicyclic amines) is 1. The van der Waals surface area contributed by atoms with E-state index >= 15 is 0 Å². The van der Waals surface area contributed by atoms with Gasteiger partial charge in [0.15, 0.2) is 0 Å². The Kier molecular flexibility index (Phi) is 3.50. The largest absolute Gasteiger partial charge is 0.508 e. The van der Waals surface area contributed by atoms with Gasteiger partial charge in [-0.1, -0.05) is 18.2 Å². The van der Waals surface area contributed by atoms with E-state index in [4.69, 9.17) is 0 Å². The molecule has 2 rings (SSSR count). The highest BCUT2D eigenvalue weighted by Gasteiger charge is 2.38. The maximum Gasteiger partial charge on any atom is 0.328 e. The summed E-state index contributed by atoms with van der Waals surface area (Å²) in [4.78, 5) is 24.8. The summed E-state index contributed by atoms with van der Waals surface area (Å²) < 4.78 is 4.63. The van der Waals surface area contributed by atoms with Crippen molar-refractivity contribution in [2.45, 2.75) is 18.9 Å². The van der Waals surface area contributed by atoms with Crippen molar-refractivity contribution in [1.82, 2.24) is 4.90 Å². The number of methoxy groups -OCH3 is 1. The highest BCUT2D eigenvalue weighted by molar-refractivity contribution is 5.87. The maximum atomic E-state index is 12.0. The van der Waals surface area contributed by atoms with Crippen LogP contribution in [-0.4, -0.2) is 41.6 Å². The Morgan fingerprint density at radius 3 is 2.72 bits per heavy atom. The van der Waals surface area contributed by atoms with Crippen LogP contribution in [0.1, 0.15) is 12.0 Å². The monoisotopic (exact) mass is 249 g/mol. The van der Waals surface area contributed by atoms with Crippen molar-refractivity contribution in [3.05, 3.63) is 29.8 Å². The van der Waals surface area contributed by atoms with Crippen molar-refractivity contribution >= 4 is 11.9 Å². The van der Waals surface area contributed by atoms with Crippen molar-refractivity contribution in [2.24, 2.45) is 0 Å². The van der Waals surface area contributed by atoms with Gasteiger partial charge in [-0.15, -0.1) is 0 Å². The van der Waals surface area contributed by atoms with E-state index < -0.39 is 6.04 Å². The lowest BCUT2D eigenvalue weighted by Gasteiger charge is -2.38. The molecule has 5 heteroatoms. The summed E-state index contributed by atoms with van der Waals surface area (Å²) in [7, 11) is 1.31. The Balaban J connectivity index is 2.01. The van der Waals surface area contributed by atoms with Crippen LogP contribution in [0, 0.1) is 0 Å². The third kappa shape index (κ3) is 2.30. The quantitative estimate of drug-likeness (QED) is 0.801. The molecule has 1 saturated heterocycles. The predicted octanol–water partition coefficient (Wildman–Crippen LogP) is 0.709. The third-order valence-corrected chi connectivity index (χ3v) is 3.15. The average molecular weight is 249 g/mol. The van der Waals surface area contributed by atoms with E-state index in [1.54, 1.807) is 18.2 Å². The molecule has 96 valence electrons. The van der Waals surface area contributed by atoms with Gasteiger partial charge in [-0.3, -0.25) is 4.79 Å². The van der Waals surface area contributed by atoms with Crippen LogP contribution in [0.15, 0.2) is 24.3 Å². The van der Waals surface area contributed by atoms with E-state index in [2.05, 4.69) is 4.74 Å². The molecule has 1 aromatic rings. The van der Waals surface area contributed by atoms with Gasteiger partial charge in [-0.25, -0.2) is 4.79 Å². The molecule has 0 aromatic heterocycles. The van der Waals surface area contributed by atoms with E-state index in [-0.39, 0.29) is 24.0 Å². The third-order valence-electron chi connectivity index (χ3n) is 3.15. The minimum absolute atomic E-state index is 0.0974.